The van der Waals surface area contributed by atoms with Crippen LogP contribution < -0.4 is 0 Å². The lowest BCUT2D eigenvalue weighted by molar-refractivity contribution is -0.137. The van der Waals surface area contributed by atoms with E-state index in [-0.39, 0.29) is 11.2 Å². The standard InChI is InChI=1S/C10H18O2S/c1-7(2)9(10(11)12)13-8-5-3-4-6-8/h7-9H,3-6H2,1-2H3,(H,11,12). The molecule has 0 aromatic heterocycles. The number of carboxylic acid groups (broad SMARTS) is 1. The normalized spacial score (nSPS) is 20.8. The van der Waals surface area contributed by atoms with E-state index in [0.717, 1.165) is 0 Å². The number of aliphatic carboxylic acids is 1. The summed E-state index contributed by atoms with van der Waals surface area (Å²) in [5, 5.41) is 9.38. The largest absolute Gasteiger partial charge is 0.480 e. The molecule has 2 nitrogen and oxygen atoms in total. The molecular weight excluding hydrogens is 184 g/mol. The van der Waals surface area contributed by atoms with Crippen molar-refractivity contribution in [1.29, 1.82) is 0 Å². The van der Waals surface area contributed by atoms with Gasteiger partial charge in [-0.3, -0.25) is 4.79 Å². The quantitative estimate of drug-likeness (QED) is 0.761. The summed E-state index contributed by atoms with van der Waals surface area (Å²) in [7, 11) is 0. The van der Waals surface area contributed by atoms with Gasteiger partial charge in [-0.05, 0) is 18.8 Å². The molecule has 3 heteroatoms. The smallest absolute Gasteiger partial charge is 0.316 e. The molecule has 0 aliphatic heterocycles. The van der Waals surface area contributed by atoms with Crippen molar-refractivity contribution in [3.8, 4) is 0 Å². The molecule has 1 saturated carbocycles. The van der Waals surface area contributed by atoms with Gasteiger partial charge in [0, 0.05) is 5.25 Å². The number of carbonyl (C=O) groups is 1. The number of hydrogen-bond acceptors (Lipinski definition) is 2. The van der Waals surface area contributed by atoms with Crippen molar-refractivity contribution in [2.45, 2.75) is 50.0 Å². The molecule has 1 N–H and O–H groups in total. The van der Waals surface area contributed by atoms with Crippen molar-refractivity contribution in [3.05, 3.63) is 0 Å². The first-order valence-corrected chi connectivity index (χ1v) is 5.94. The van der Waals surface area contributed by atoms with Crippen LogP contribution in [0.15, 0.2) is 0 Å². The van der Waals surface area contributed by atoms with Crippen molar-refractivity contribution in [2.75, 3.05) is 0 Å². The molecule has 0 aromatic rings. The van der Waals surface area contributed by atoms with Gasteiger partial charge in [0.1, 0.15) is 5.25 Å². The number of thioether (sulfide) groups is 1. The predicted molar refractivity (Wildman–Crippen MR) is 56.1 cm³/mol. The van der Waals surface area contributed by atoms with Crippen LogP contribution in [-0.4, -0.2) is 21.6 Å². The minimum Gasteiger partial charge on any atom is -0.480 e. The van der Waals surface area contributed by atoms with Gasteiger partial charge in [-0.15, -0.1) is 11.8 Å². The van der Waals surface area contributed by atoms with Crippen LogP contribution in [0.1, 0.15) is 39.5 Å². The Bertz CT molecular complexity index is 174. The molecule has 13 heavy (non-hydrogen) atoms. The van der Waals surface area contributed by atoms with E-state index in [1.165, 1.54) is 25.7 Å². The third-order valence-corrected chi connectivity index (χ3v) is 4.39. The van der Waals surface area contributed by atoms with Crippen LogP contribution in [0.5, 0.6) is 0 Å². The number of rotatable bonds is 4. The lowest BCUT2D eigenvalue weighted by Gasteiger charge is -2.19. The second kappa shape index (κ2) is 4.89. The summed E-state index contributed by atoms with van der Waals surface area (Å²) in [6.07, 6.45) is 4.98. The molecule has 1 atom stereocenters. The van der Waals surface area contributed by atoms with Crippen LogP contribution in [0.4, 0.5) is 0 Å². The van der Waals surface area contributed by atoms with Crippen molar-refractivity contribution in [2.24, 2.45) is 5.92 Å². The van der Waals surface area contributed by atoms with E-state index >= 15 is 0 Å². The van der Waals surface area contributed by atoms with E-state index < -0.39 is 5.97 Å². The van der Waals surface area contributed by atoms with E-state index in [4.69, 9.17) is 5.11 Å². The summed E-state index contributed by atoms with van der Waals surface area (Å²) < 4.78 is 0. The van der Waals surface area contributed by atoms with E-state index in [2.05, 4.69) is 0 Å². The summed E-state index contributed by atoms with van der Waals surface area (Å²) >= 11 is 1.67. The van der Waals surface area contributed by atoms with Crippen molar-refractivity contribution in [1.82, 2.24) is 0 Å². The van der Waals surface area contributed by atoms with Crippen LogP contribution in [-0.2, 0) is 4.79 Å². The molecule has 0 radical (unpaired) electrons. The average Bonchev–Trinajstić information content (AvgIpc) is 2.50. The Morgan fingerprint density at radius 2 is 1.92 bits per heavy atom. The summed E-state index contributed by atoms with van der Waals surface area (Å²) in [6, 6.07) is 0. The third kappa shape index (κ3) is 3.22. The van der Waals surface area contributed by atoms with Gasteiger partial charge in [0.15, 0.2) is 0 Å². The SMILES string of the molecule is CC(C)C(SC1CCCC1)C(=O)O. The highest BCUT2D eigenvalue weighted by Crippen LogP contribution is 2.34. The van der Waals surface area contributed by atoms with Gasteiger partial charge in [0.2, 0.25) is 0 Å². The van der Waals surface area contributed by atoms with E-state index in [1.54, 1.807) is 11.8 Å². The maximum absolute atomic E-state index is 10.9. The summed E-state index contributed by atoms with van der Waals surface area (Å²) in [5.74, 6) is -0.407. The van der Waals surface area contributed by atoms with Crippen LogP contribution in [0.2, 0.25) is 0 Å². The van der Waals surface area contributed by atoms with Gasteiger partial charge in [-0.2, -0.15) is 0 Å². The molecule has 0 heterocycles. The minimum absolute atomic E-state index is 0.205. The van der Waals surface area contributed by atoms with Crippen LogP contribution in [0, 0.1) is 5.92 Å². The van der Waals surface area contributed by atoms with E-state index in [9.17, 15) is 4.79 Å². The second-order valence-corrected chi connectivity index (χ2v) is 5.49. The van der Waals surface area contributed by atoms with Crippen LogP contribution in [0.3, 0.4) is 0 Å². The molecule has 1 fully saturated rings. The van der Waals surface area contributed by atoms with Gasteiger partial charge < -0.3 is 5.11 Å². The highest BCUT2D eigenvalue weighted by molar-refractivity contribution is 8.01. The minimum atomic E-state index is -0.646. The molecule has 0 amide bonds. The molecule has 1 aliphatic rings. The fourth-order valence-electron chi connectivity index (χ4n) is 1.73. The molecule has 0 saturated heterocycles. The summed E-state index contributed by atoms with van der Waals surface area (Å²) in [6.45, 7) is 3.97. The van der Waals surface area contributed by atoms with Crippen LogP contribution >= 0.6 is 11.8 Å². The number of hydrogen-bond donors (Lipinski definition) is 1. The summed E-state index contributed by atoms with van der Waals surface area (Å²) in [4.78, 5) is 10.9. The Morgan fingerprint density at radius 3 is 2.31 bits per heavy atom. The van der Waals surface area contributed by atoms with Gasteiger partial charge in [0.25, 0.3) is 0 Å². The highest BCUT2D eigenvalue weighted by Gasteiger charge is 2.27. The molecule has 1 aliphatic carbocycles. The van der Waals surface area contributed by atoms with Crippen molar-refractivity contribution in [3.63, 3.8) is 0 Å². The van der Waals surface area contributed by atoms with Gasteiger partial charge >= 0.3 is 5.97 Å². The fourth-order valence-corrected chi connectivity index (χ4v) is 3.18. The molecular formula is C10H18O2S. The lowest BCUT2D eigenvalue weighted by atomic mass is 10.1. The highest BCUT2D eigenvalue weighted by atomic mass is 32.2. The van der Waals surface area contributed by atoms with Gasteiger partial charge in [0.05, 0.1) is 0 Å². The Balaban J connectivity index is 2.41. The Kier molecular flexibility index (Phi) is 4.10. The molecule has 1 unspecified atom stereocenters. The third-order valence-electron chi connectivity index (χ3n) is 2.49. The zero-order chi connectivity index (χ0) is 9.84. The fraction of sp³-hybridized carbons (Fsp3) is 0.900. The zero-order valence-electron chi connectivity index (χ0n) is 8.32. The Hall–Kier alpha value is -0.180. The van der Waals surface area contributed by atoms with Crippen LogP contribution in [0.25, 0.3) is 0 Å². The molecule has 0 spiro atoms. The topological polar surface area (TPSA) is 37.3 Å². The Labute approximate surface area is 84.1 Å². The summed E-state index contributed by atoms with van der Waals surface area (Å²) in [5.41, 5.74) is 0. The Morgan fingerprint density at radius 1 is 1.38 bits per heavy atom. The maximum Gasteiger partial charge on any atom is 0.316 e. The average molecular weight is 202 g/mol. The first-order chi connectivity index (χ1) is 6.11. The van der Waals surface area contributed by atoms with Gasteiger partial charge in [-0.25, -0.2) is 0 Å². The van der Waals surface area contributed by atoms with Crippen molar-refractivity contribution < 1.29 is 9.90 Å². The van der Waals surface area contributed by atoms with Gasteiger partial charge in [-0.1, -0.05) is 26.7 Å². The first kappa shape index (κ1) is 10.9. The predicted octanol–water partition coefficient (Wildman–Crippen LogP) is 2.77. The van der Waals surface area contributed by atoms with E-state index in [0.29, 0.717) is 5.25 Å². The molecule has 1 rings (SSSR count). The molecule has 76 valence electrons. The van der Waals surface area contributed by atoms with Crippen molar-refractivity contribution >= 4 is 17.7 Å². The molecule has 0 bridgehead atoms. The maximum atomic E-state index is 10.9. The van der Waals surface area contributed by atoms with E-state index in [1.807, 2.05) is 13.8 Å². The monoisotopic (exact) mass is 202 g/mol. The second-order valence-electron chi connectivity index (χ2n) is 4.05. The lowest BCUT2D eigenvalue weighted by Crippen LogP contribution is -2.24. The molecule has 0 aromatic carbocycles. The zero-order valence-corrected chi connectivity index (χ0v) is 9.14. The first-order valence-electron chi connectivity index (χ1n) is 4.99. The number of carboxylic acids is 1.